The molecule has 1 rings (SSSR count). The maximum atomic E-state index is 3.58. The minimum atomic E-state index is 0.265. The molecule has 0 bridgehead atoms. The molecule has 0 fully saturated rings. The first-order valence-electron chi connectivity index (χ1n) is 6.61. The number of hydrogen-bond acceptors (Lipinski definition) is 2. The summed E-state index contributed by atoms with van der Waals surface area (Å²) in [7, 11) is 0. The molecule has 0 unspecified atom stereocenters. The molecule has 2 N–H and O–H groups in total. The third kappa shape index (κ3) is 5.90. The smallest absolute Gasteiger partial charge is 0.338 e. The third-order valence-corrected chi connectivity index (χ3v) is 2.59. The van der Waals surface area contributed by atoms with Crippen LogP contribution >= 0.6 is 0 Å². The van der Waals surface area contributed by atoms with Crippen molar-refractivity contribution in [2.45, 2.75) is 27.7 Å². The van der Waals surface area contributed by atoms with E-state index in [0.29, 0.717) is 11.8 Å². The average molecular weight is 232 g/mol. The molecule has 2 nitrogen and oxygen atoms in total. The van der Waals surface area contributed by atoms with E-state index in [1.807, 2.05) is 0 Å². The normalized spacial score (nSPS) is 11.2. The number of rotatable bonds is 7. The fourth-order valence-electron chi connectivity index (χ4n) is 1.66. The van der Waals surface area contributed by atoms with Gasteiger partial charge in [-0.1, -0.05) is 58.0 Å². The Labute approximate surface area is 106 Å². The molecule has 0 spiro atoms. The van der Waals surface area contributed by atoms with E-state index in [4.69, 9.17) is 0 Å². The molecule has 17 heavy (non-hydrogen) atoms. The number of nitrogens with one attached hydrogen (secondary N) is 2. The molecule has 1 aromatic carbocycles. The predicted octanol–water partition coefficient (Wildman–Crippen LogP) is 1.87. The van der Waals surface area contributed by atoms with Crippen LogP contribution in [0.15, 0.2) is 30.3 Å². The minimum Gasteiger partial charge on any atom is -0.338 e. The summed E-state index contributed by atoms with van der Waals surface area (Å²) in [6, 6.07) is 10.6. The third-order valence-electron chi connectivity index (χ3n) is 2.59. The Bertz CT molecular complexity index is 286. The quantitative estimate of drug-likeness (QED) is 0.701. The van der Waals surface area contributed by atoms with Crippen LogP contribution in [0.5, 0.6) is 0 Å². The maximum absolute atomic E-state index is 3.58. The lowest BCUT2D eigenvalue weighted by atomic mass is 9.67. The summed E-state index contributed by atoms with van der Waals surface area (Å²) in [6.45, 7) is 11.3. The summed E-state index contributed by atoms with van der Waals surface area (Å²) in [5, 5.41) is 7.16. The predicted molar refractivity (Wildman–Crippen MR) is 77.5 cm³/mol. The summed E-state index contributed by atoms with van der Waals surface area (Å²) in [4.78, 5) is 0. The topological polar surface area (TPSA) is 24.1 Å². The molecular weight excluding hydrogens is 207 g/mol. The van der Waals surface area contributed by atoms with Crippen LogP contribution in [0.2, 0.25) is 0 Å². The van der Waals surface area contributed by atoms with E-state index in [2.05, 4.69) is 68.5 Å². The summed E-state index contributed by atoms with van der Waals surface area (Å²) < 4.78 is 0. The van der Waals surface area contributed by atoms with Crippen molar-refractivity contribution in [2.24, 2.45) is 11.8 Å². The van der Waals surface area contributed by atoms with Gasteiger partial charge in [-0.25, -0.2) is 0 Å². The van der Waals surface area contributed by atoms with Crippen LogP contribution in [0.3, 0.4) is 0 Å². The lowest BCUT2D eigenvalue weighted by Gasteiger charge is -2.19. The van der Waals surface area contributed by atoms with E-state index in [9.17, 15) is 0 Å². The van der Waals surface area contributed by atoms with Crippen LogP contribution < -0.4 is 15.9 Å². The van der Waals surface area contributed by atoms with E-state index >= 15 is 0 Å². The minimum absolute atomic E-state index is 0.265. The van der Waals surface area contributed by atoms with E-state index < -0.39 is 0 Å². The van der Waals surface area contributed by atoms with Gasteiger partial charge < -0.3 is 10.5 Å². The molecular formula is C14H25BN2. The summed E-state index contributed by atoms with van der Waals surface area (Å²) in [5.74, 6) is 1.34. The Morgan fingerprint density at radius 1 is 0.882 bits per heavy atom. The van der Waals surface area contributed by atoms with Gasteiger partial charge in [-0.3, -0.25) is 0 Å². The highest BCUT2D eigenvalue weighted by Gasteiger charge is 2.16. The van der Waals surface area contributed by atoms with Gasteiger partial charge in [0.15, 0.2) is 0 Å². The maximum Gasteiger partial charge on any atom is 0.340 e. The molecule has 0 aliphatic rings. The molecule has 0 aromatic heterocycles. The van der Waals surface area contributed by atoms with Crippen molar-refractivity contribution in [2.75, 3.05) is 13.1 Å². The molecule has 1 aromatic rings. The Kier molecular flexibility index (Phi) is 6.31. The lowest BCUT2D eigenvalue weighted by Crippen LogP contribution is -2.57. The standard InChI is InChI=1S/C14H25BN2/c1-12(2)10-16-15(17-11-13(3)4)14-8-6-5-7-9-14/h5-9,12-13,16-17H,10-11H2,1-4H3. The van der Waals surface area contributed by atoms with E-state index in [1.54, 1.807) is 0 Å². The van der Waals surface area contributed by atoms with Crippen LogP contribution in [0.1, 0.15) is 27.7 Å². The van der Waals surface area contributed by atoms with Gasteiger partial charge in [0.1, 0.15) is 0 Å². The van der Waals surface area contributed by atoms with Crippen LogP contribution in [0, 0.1) is 11.8 Å². The highest BCUT2D eigenvalue weighted by molar-refractivity contribution is 6.68. The summed E-state index contributed by atoms with van der Waals surface area (Å²) in [5.41, 5.74) is 1.31. The van der Waals surface area contributed by atoms with Crippen molar-refractivity contribution in [3.8, 4) is 0 Å². The fourth-order valence-corrected chi connectivity index (χ4v) is 1.66. The van der Waals surface area contributed by atoms with Gasteiger partial charge in [-0.05, 0) is 30.4 Å². The van der Waals surface area contributed by atoms with E-state index in [0.717, 1.165) is 13.1 Å². The zero-order valence-corrected chi connectivity index (χ0v) is 11.5. The Balaban J connectivity index is 2.58. The van der Waals surface area contributed by atoms with Gasteiger partial charge in [0.2, 0.25) is 0 Å². The van der Waals surface area contributed by atoms with Crippen molar-refractivity contribution < 1.29 is 0 Å². The molecule has 0 aliphatic carbocycles. The molecule has 0 saturated carbocycles. The number of hydrogen-bond donors (Lipinski definition) is 2. The molecule has 3 heteroatoms. The summed E-state index contributed by atoms with van der Waals surface area (Å²) >= 11 is 0. The van der Waals surface area contributed by atoms with Crippen LogP contribution in [0.4, 0.5) is 0 Å². The van der Waals surface area contributed by atoms with Crippen LogP contribution in [-0.2, 0) is 0 Å². The van der Waals surface area contributed by atoms with Crippen LogP contribution in [0.25, 0.3) is 0 Å². The Hall–Kier alpha value is -0.795. The first kappa shape index (κ1) is 14.3. The lowest BCUT2D eigenvalue weighted by molar-refractivity contribution is 0.603. The van der Waals surface area contributed by atoms with E-state index in [1.165, 1.54) is 5.46 Å². The molecule has 0 atom stereocenters. The van der Waals surface area contributed by atoms with Gasteiger partial charge in [-0.2, -0.15) is 0 Å². The van der Waals surface area contributed by atoms with Crippen LogP contribution in [-0.4, -0.2) is 20.1 Å². The zero-order chi connectivity index (χ0) is 12.7. The van der Waals surface area contributed by atoms with Crippen molar-refractivity contribution >= 4 is 12.4 Å². The SMILES string of the molecule is CC(C)CNB(NCC(C)C)c1ccccc1. The molecule has 0 amide bonds. The van der Waals surface area contributed by atoms with Gasteiger partial charge in [0, 0.05) is 0 Å². The van der Waals surface area contributed by atoms with Crippen molar-refractivity contribution in [3.63, 3.8) is 0 Å². The second kappa shape index (κ2) is 7.52. The first-order chi connectivity index (χ1) is 8.09. The largest absolute Gasteiger partial charge is 0.340 e. The molecule has 0 radical (unpaired) electrons. The van der Waals surface area contributed by atoms with Crippen molar-refractivity contribution in [1.29, 1.82) is 0 Å². The highest BCUT2D eigenvalue weighted by atomic mass is 15.0. The molecule has 0 saturated heterocycles. The Morgan fingerprint density at radius 2 is 1.35 bits per heavy atom. The van der Waals surface area contributed by atoms with E-state index in [-0.39, 0.29) is 6.98 Å². The monoisotopic (exact) mass is 232 g/mol. The number of benzene rings is 1. The average Bonchev–Trinajstić information content (AvgIpc) is 2.29. The fraction of sp³-hybridized carbons (Fsp3) is 0.571. The Morgan fingerprint density at radius 3 is 1.76 bits per heavy atom. The second-order valence-corrected chi connectivity index (χ2v) is 5.45. The first-order valence-corrected chi connectivity index (χ1v) is 6.61. The van der Waals surface area contributed by atoms with Crippen molar-refractivity contribution in [3.05, 3.63) is 30.3 Å². The van der Waals surface area contributed by atoms with Gasteiger partial charge in [-0.15, -0.1) is 0 Å². The van der Waals surface area contributed by atoms with Gasteiger partial charge in [0.25, 0.3) is 0 Å². The molecule has 0 aliphatic heterocycles. The zero-order valence-electron chi connectivity index (χ0n) is 11.5. The summed E-state index contributed by atoms with van der Waals surface area (Å²) in [6.07, 6.45) is 0. The molecule has 0 heterocycles. The van der Waals surface area contributed by atoms with Gasteiger partial charge in [0.05, 0.1) is 0 Å². The van der Waals surface area contributed by atoms with Crippen molar-refractivity contribution in [1.82, 2.24) is 10.5 Å². The molecule has 94 valence electrons. The second-order valence-electron chi connectivity index (χ2n) is 5.45. The highest BCUT2D eigenvalue weighted by Crippen LogP contribution is 1.92. The van der Waals surface area contributed by atoms with Gasteiger partial charge >= 0.3 is 6.98 Å².